The van der Waals surface area contributed by atoms with E-state index < -0.39 is 40.0 Å². The Bertz CT molecular complexity index is 1010. The van der Waals surface area contributed by atoms with E-state index in [0.717, 1.165) is 17.8 Å². The molecule has 0 radical (unpaired) electrons. The third kappa shape index (κ3) is 7.40. The van der Waals surface area contributed by atoms with E-state index in [1.807, 2.05) is 4.72 Å². The van der Waals surface area contributed by atoms with E-state index in [1.165, 1.54) is 17.0 Å². The van der Waals surface area contributed by atoms with Crippen LogP contribution in [0, 0.1) is 16.0 Å². The van der Waals surface area contributed by atoms with Crippen molar-refractivity contribution in [3.63, 3.8) is 0 Å². The van der Waals surface area contributed by atoms with Gasteiger partial charge in [0.15, 0.2) is 6.61 Å². The zero-order valence-corrected chi connectivity index (χ0v) is 19.8. The third-order valence-electron chi connectivity index (χ3n) is 4.89. The van der Waals surface area contributed by atoms with Gasteiger partial charge in [-0.25, -0.2) is 8.42 Å². The zero-order valence-electron chi connectivity index (χ0n) is 18.1. The molecule has 1 saturated heterocycles. The number of likely N-dealkylation sites (tertiary alicyclic amines) is 1. The number of thioether (sulfide) groups is 1. The Morgan fingerprint density at radius 3 is 2.48 bits per heavy atom. The lowest BCUT2D eigenvalue weighted by molar-refractivity contribution is -0.388. The molecule has 1 N–H and O–H groups in total. The summed E-state index contributed by atoms with van der Waals surface area (Å²) in [5, 5.41) is 11.1. The van der Waals surface area contributed by atoms with E-state index in [-0.39, 0.29) is 29.1 Å². The average molecular weight is 504 g/mol. The molecule has 0 atom stereocenters. The molecule has 1 aromatic carbocycles. The Morgan fingerprint density at radius 2 is 1.91 bits per heavy atom. The third-order valence-corrected chi connectivity index (χ3v) is 7.07. The average Bonchev–Trinajstić information content (AvgIpc) is 2.81. The molecule has 1 amide bonds. The van der Waals surface area contributed by atoms with Crippen molar-refractivity contribution in [1.82, 2.24) is 9.62 Å². The number of nitrogens with one attached hydrogen (secondary N) is 1. The number of nitro benzene ring substituents is 1. The van der Waals surface area contributed by atoms with Gasteiger partial charge in [0.25, 0.3) is 11.6 Å². The highest BCUT2D eigenvalue weighted by Gasteiger charge is 2.28. The van der Waals surface area contributed by atoms with Crippen LogP contribution in [0.25, 0.3) is 0 Å². The van der Waals surface area contributed by atoms with Crippen LogP contribution in [0.2, 0.25) is 0 Å². The second-order valence-corrected chi connectivity index (χ2v) is 9.60. The van der Waals surface area contributed by atoms with Gasteiger partial charge in [-0.1, -0.05) is 0 Å². The molecular formula is C19H25N3O9S2. The van der Waals surface area contributed by atoms with E-state index in [9.17, 15) is 32.9 Å². The number of rotatable bonds is 10. The summed E-state index contributed by atoms with van der Waals surface area (Å²) in [5.41, 5.74) is -0.370. The molecule has 12 nitrogen and oxygen atoms in total. The Kier molecular flexibility index (Phi) is 9.61. The van der Waals surface area contributed by atoms with E-state index in [2.05, 4.69) is 0 Å². The van der Waals surface area contributed by atoms with Crippen molar-refractivity contribution in [2.45, 2.75) is 29.6 Å². The van der Waals surface area contributed by atoms with Crippen molar-refractivity contribution in [3.8, 4) is 0 Å². The summed E-state index contributed by atoms with van der Waals surface area (Å²) in [6.07, 6.45) is 2.51. The van der Waals surface area contributed by atoms with Gasteiger partial charge in [0.1, 0.15) is 6.54 Å². The molecule has 1 fully saturated rings. The molecule has 1 aromatic rings. The first-order valence-electron chi connectivity index (χ1n) is 10.0. The lowest BCUT2D eigenvalue weighted by Crippen LogP contribution is -2.43. The minimum Gasteiger partial charge on any atom is -0.466 e. The van der Waals surface area contributed by atoms with Crippen LogP contribution < -0.4 is 4.72 Å². The molecule has 2 rings (SSSR count). The fraction of sp³-hybridized carbons (Fsp3) is 0.526. The molecule has 1 heterocycles. The highest BCUT2D eigenvalue weighted by atomic mass is 32.2. The van der Waals surface area contributed by atoms with Gasteiger partial charge < -0.3 is 14.4 Å². The lowest BCUT2D eigenvalue weighted by atomic mass is 9.97. The van der Waals surface area contributed by atoms with E-state index >= 15 is 0 Å². The summed E-state index contributed by atoms with van der Waals surface area (Å²) in [6, 6.07) is 3.40. The number of amides is 1. The number of piperidine rings is 1. The first-order chi connectivity index (χ1) is 15.6. The summed E-state index contributed by atoms with van der Waals surface area (Å²) >= 11 is 1.10. The molecule has 33 heavy (non-hydrogen) atoms. The van der Waals surface area contributed by atoms with Crippen molar-refractivity contribution in [1.29, 1.82) is 0 Å². The van der Waals surface area contributed by atoms with Crippen LogP contribution in [-0.4, -0.2) is 75.2 Å². The largest absolute Gasteiger partial charge is 0.466 e. The van der Waals surface area contributed by atoms with Crippen LogP contribution in [-0.2, 0) is 33.9 Å². The SMILES string of the molecule is CCOC(=O)C1CCN(C(=O)COC(=O)CNS(=O)(=O)c2ccc(SC)c([N+](=O)[O-])c2)CC1. The molecule has 0 aromatic heterocycles. The Labute approximate surface area is 195 Å². The predicted molar refractivity (Wildman–Crippen MR) is 117 cm³/mol. The maximum Gasteiger partial charge on any atom is 0.321 e. The molecule has 0 aliphatic carbocycles. The molecule has 1 aliphatic rings. The summed E-state index contributed by atoms with van der Waals surface area (Å²) < 4.78 is 36.5. The molecule has 14 heteroatoms. The van der Waals surface area contributed by atoms with E-state index in [4.69, 9.17) is 9.47 Å². The lowest BCUT2D eigenvalue weighted by Gasteiger charge is -2.30. The van der Waals surface area contributed by atoms with Gasteiger partial charge in [-0.3, -0.25) is 24.5 Å². The number of carbonyl (C=O) groups excluding carboxylic acids is 3. The first-order valence-corrected chi connectivity index (χ1v) is 12.7. The molecule has 1 aliphatic heterocycles. The van der Waals surface area contributed by atoms with Crippen LogP contribution >= 0.6 is 11.8 Å². The predicted octanol–water partition coefficient (Wildman–Crippen LogP) is 0.940. The van der Waals surface area contributed by atoms with E-state index in [1.54, 1.807) is 13.2 Å². The van der Waals surface area contributed by atoms with Gasteiger partial charge in [-0.2, -0.15) is 4.72 Å². The van der Waals surface area contributed by atoms with Crippen molar-refractivity contribution >= 4 is 45.3 Å². The van der Waals surface area contributed by atoms with Gasteiger partial charge in [-0.15, -0.1) is 11.8 Å². The van der Waals surface area contributed by atoms with Crippen LogP contribution in [0.4, 0.5) is 5.69 Å². The van der Waals surface area contributed by atoms with Crippen LogP contribution in [0.15, 0.2) is 28.0 Å². The van der Waals surface area contributed by atoms with Gasteiger partial charge in [-0.05, 0) is 38.2 Å². The minimum absolute atomic E-state index is 0.272. The minimum atomic E-state index is -4.22. The molecule has 0 unspecified atom stereocenters. The molecule has 182 valence electrons. The number of benzene rings is 1. The summed E-state index contributed by atoms with van der Waals surface area (Å²) in [7, 11) is -4.22. The summed E-state index contributed by atoms with van der Waals surface area (Å²) in [4.78, 5) is 47.7. The first kappa shape index (κ1) is 26.5. The van der Waals surface area contributed by atoms with Crippen molar-refractivity contribution in [3.05, 3.63) is 28.3 Å². The number of hydrogen-bond donors (Lipinski definition) is 1. The Hall–Kier alpha value is -2.71. The molecular weight excluding hydrogens is 478 g/mol. The second-order valence-electron chi connectivity index (χ2n) is 6.98. The van der Waals surface area contributed by atoms with Gasteiger partial charge in [0.2, 0.25) is 10.0 Å². The second kappa shape index (κ2) is 12.0. The molecule has 0 spiro atoms. The maximum atomic E-state index is 12.4. The Balaban J connectivity index is 1.83. The standard InChI is InChI=1S/C19H25N3O9S2/c1-3-30-19(25)13-6-8-21(9-7-13)17(23)12-31-18(24)11-20-33(28,29)14-4-5-16(32-2)15(10-14)22(26)27/h4-5,10,13,20H,3,6-9,11-12H2,1-2H3. The fourth-order valence-electron chi connectivity index (χ4n) is 3.13. The molecule has 0 saturated carbocycles. The van der Waals surface area contributed by atoms with Crippen molar-refractivity contribution in [2.75, 3.05) is 39.1 Å². The number of sulfonamides is 1. The highest BCUT2D eigenvalue weighted by molar-refractivity contribution is 7.98. The number of carbonyl (C=O) groups is 3. The number of nitrogens with zero attached hydrogens (tertiary/aromatic N) is 2. The smallest absolute Gasteiger partial charge is 0.321 e. The maximum absolute atomic E-state index is 12.4. The van der Waals surface area contributed by atoms with Gasteiger partial charge >= 0.3 is 11.9 Å². The topological polar surface area (TPSA) is 162 Å². The number of ether oxygens (including phenoxy) is 2. The monoisotopic (exact) mass is 503 g/mol. The van der Waals surface area contributed by atoms with Crippen molar-refractivity contribution < 1.29 is 37.2 Å². The highest BCUT2D eigenvalue weighted by Crippen LogP contribution is 2.29. The quantitative estimate of drug-likeness (QED) is 0.210. The fourth-order valence-corrected chi connectivity index (χ4v) is 4.66. The van der Waals surface area contributed by atoms with Crippen LogP contribution in [0.1, 0.15) is 19.8 Å². The number of hydrogen-bond acceptors (Lipinski definition) is 10. The number of esters is 2. The van der Waals surface area contributed by atoms with E-state index in [0.29, 0.717) is 30.8 Å². The van der Waals surface area contributed by atoms with Crippen molar-refractivity contribution in [2.24, 2.45) is 5.92 Å². The summed E-state index contributed by atoms with van der Waals surface area (Å²) in [5.74, 6) is -2.01. The Morgan fingerprint density at radius 1 is 1.24 bits per heavy atom. The zero-order chi connectivity index (χ0) is 24.6. The van der Waals surface area contributed by atoms with Gasteiger partial charge in [0.05, 0.1) is 27.2 Å². The summed E-state index contributed by atoms with van der Waals surface area (Å²) in [6.45, 7) is 1.32. The van der Waals surface area contributed by atoms with Gasteiger partial charge in [0, 0.05) is 19.2 Å². The normalized spacial score (nSPS) is 14.5. The van der Waals surface area contributed by atoms with Crippen LogP contribution in [0.5, 0.6) is 0 Å². The van der Waals surface area contributed by atoms with Crippen LogP contribution in [0.3, 0.4) is 0 Å². The number of nitro groups is 1. The molecule has 0 bridgehead atoms.